The lowest BCUT2D eigenvalue weighted by atomic mass is 9.87. The fourth-order valence-electron chi connectivity index (χ4n) is 3.34. The highest BCUT2D eigenvalue weighted by Crippen LogP contribution is 2.40. The molecule has 8 N–H and O–H groups in total. The lowest BCUT2D eigenvalue weighted by Crippen LogP contribution is -2.77. The third kappa shape index (κ3) is 1.75. The molecule has 0 aliphatic carbocycles. The zero-order chi connectivity index (χ0) is 15.4. The Bertz CT molecular complexity index is 559. The minimum atomic E-state index is -2.07. The van der Waals surface area contributed by atoms with Crippen LogP contribution in [0.25, 0.3) is 0 Å². The number of carbonyl (C=O) groups is 1. The fraction of sp³-hybridized carbons (Fsp3) is 0.727. The maximum atomic E-state index is 11.0. The van der Waals surface area contributed by atoms with Crippen LogP contribution in [0.15, 0.2) is 4.99 Å². The molecule has 10 heteroatoms. The number of esters is 1. The molecule has 21 heavy (non-hydrogen) atoms. The van der Waals surface area contributed by atoms with Crippen molar-refractivity contribution in [2.24, 2.45) is 16.5 Å². The van der Waals surface area contributed by atoms with Gasteiger partial charge in [0.05, 0.1) is 6.54 Å². The fourth-order valence-corrected chi connectivity index (χ4v) is 3.34. The van der Waals surface area contributed by atoms with Crippen molar-refractivity contribution >= 4 is 17.9 Å². The van der Waals surface area contributed by atoms with Crippen molar-refractivity contribution in [2.45, 2.75) is 36.9 Å². The number of aliphatic hydroxyl groups is 2. The van der Waals surface area contributed by atoms with E-state index in [2.05, 4.69) is 15.6 Å². The van der Waals surface area contributed by atoms with E-state index in [-0.39, 0.29) is 24.9 Å². The summed E-state index contributed by atoms with van der Waals surface area (Å²) in [6, 6.07) is -1.18. The molecule has 3 aliphatic heterocycles. The molecule has 0 amide bonds. The van der Waals surface area contributed by atoms with Crippen molar-refractivity contribution in [1.29, 1.82) is 0 Å². The molecule has 0 aromatic heterocycles. The topological polar surface area (TPSA) is 158 Å². The molecule has 0 saturated carbocycles. The van der Waals surface area contributed by atoms with Crippen molar-refractivity contribution in [1.82, 2.24) is 10.6 Å². The predicted molar refractivity (Wildman–Crippen MR) is 70.9 cm³/mol. The summed E-state index contributed by atoms with van der Waals surface area (Å²) in [7, 11) is 0. The average molecular weight is 299 g/mol. The number of ether oxygens (including phenoxy) is 1. The lowest BCUT2D eigenvalue weighted by molar-refractivity contribution is -0.623. The van der Waals surface area contributed by atoms with Gasteiger partial charge in [0.25, 0.3) is 0 Å². The Hall–Kier alpha value is -2.07. The number of hydrogen-bond acceptors (Lipinski definition) is 9. The molecule has 0 radical (unpaired) electrons. The van der Waals surface area contributed by atoms with Crippen molar-refractivity contribution < 1.29 is 24.3 Å². The summed E-state index contributed by atoms with van der Waals surface area (Å²) in [5, 5.41) is 26.6. The largest absolute Gasteiger partial charge is 0.462 e. The molecule has 10 nitrogen and oxygen atoms in total. The Morgan fingerprint density at radius 3 is 2.95 bits per heavy atom. The van der Waals surface area contributed by atoms with Gasteiger partial charge in [0.1, 0.15) is 12.6 Å². The van der Waals surface area contributed by atoms with Gasteiger partial charge in [0.2, 0.25) is 11.4 Å². The summed E-state index contributed by atoms with van der Waals surface area (Å²) >= 11 is 0. The Kier molecular flexibility index (Phi) is 2.79. The molecule has 0 aromatic carbocycles. The van der Waals surface area contributed by atoms with E-state index < -0.39 is 29.5 Å². The van der Waals surface area contributed by atoms with Gasteiger partial charge in [-0.05, 0) is 0 Å². The van der Waals surface area contributed by atoms with E-state index in [9.17, 15) is 15.0 Å². The van der Waals surface area contributed by atoms with Crippen LogP contribution in [0.1, 0.15) is 13.3 Å². The molecule has 3 aliphatic rings. The van der Waals surface area contributed by atoms with Crippen molar-refractivity contribution in [3.8, 4) is 0 Å². The van der Waals surface area contributed by atoms with Crippen LogP contribution >= 0.6 is 0 Å². The van der Waals surface area contributed by atoms with Crippen LogP contribution in [0.3, 0.4) is 0 Å². The Balaban J connectivity index is 2.02. The molecule has 3 heterocycles. The smallest absolute Gasteiger partial charge is 0.346 e. The molecule has 2 unspecified atom stereocenters. The van der Waals surface area contributed by atoms with Crippen LogP contribution in [-0.4, -0.2) is 69.4 Å². The first-order chi connectivity index (χ1) is 9.78. The first kappa shape index (κ1) is 13.9. The summed E-state index contributed by atoms with van der Waals surface area (Å²) < 4.78 is 6.60. The van der Waals surface area contributed by atoms with E-state index in [1.165, 1.54) is 6.92 Å². The highest BCUT2D eigenvalue weighted by atomic mass is 16.5. The monoisotopic (exact) mass is 299 g/mol. The number of carbonyl (C=O) groups excluding carboxylic acids is 1. The third-order valence-corrected chi connectivity index (χ3v) is 4.22. The van der Waals surface area contributed by atoms with Crippen LogP contribution in [-0.2, 0) is 9.53 Å². The predicted octanol–water partition coefficient (Wildman–Crippen LogP) is -4.08. The van der Waals surface area contributed by atoms with Crippen LogP contribution in [0, 0.1) is 0 Å². The van der Waals surface area contributed by atoms with Crippen molar-refractivity contribution in [2.75, 3.05) is 13.2 Å². The first-order valence-electron chi connectivity index (χ1n) is 6.64. The van der Waals surface area contributed by atoms with Gasteiger partial charge in [-0.2, -0.15) is 0 Å². The summed E-state index contributed by atoms with van der Waals surface area (Å²) in [5.74, 6) is -2.17. The number of rotatable bonds is 2. The summed E-state index contributed by atoms with van der Waals surface area (Å²) in [6.07, 6.45) is 0.0853. The van der Waals surface area contributed by atoms with E-state index in [4.69, 9.17) is 16.2 Å². The number of nitrogens with two attached hydrogens (primary N) is 2. The van der Waals surface area contributed by atoms with Crippen LogP contribution in [0.5, 0.6) is 0 Å². The minimum Gasteiger partial charge on any atom is -0.462 e. The van der Waals surface area contributed by atoms with E-state index in [1.807, 2.05) is 0 Å². The molecule has 3 atom stereocenters. The molecule has 0 bridgehead atoms. The molecular weight excluding hydrogens is 280 g/mol. The molecular formula is C11H19N6O4+. The van der Waals surface area contributed by atoms with Crippen molar-refractivity contribution in [3.05, 3.63) is 0 Å². The Labute approximate surface area is 120 Å². The van der Waals surface area contributed by atoms with E-state index in [0.29, 0.717) is 6.54 Å². The lowest BCUT2D eigenvalue weighted by Gasteiger charge is -2.42. The number of nitrogens with zero attached hydrogens (tertiary/aromatic N) is 2. The maximum absolute atomic E-state index is 11.0. The molecule has 1 fully saturated rings. The normalized spacial score (nSPS) is 36.2. The summed E-state index contributed by atoms with van der Waals surface area (Å²) in [5.41, 5.74) is 10.4. The van der Waals surface area contributed by atoms with Gasteiger partial charge in [-0.1, -0.05) is 0 Å². The van der Waals surface area contributed by atoms with Crippen LogP contribution in [0.2, 0.25) is 0 Å². The number of guanidine groups is 2. The molecule has 0 aromatic rings. The zero-order valence-electron chi connectivity index (χ0n) is 11.5. The molecule has 3 rings (SSSR count). The zero-order valence-corrected chi connectivity index (χ0v) is 11.5. The van der Waals surface area contributed by atoms with Gasteiger partial charge in [-0.25, -0.2) is 9.57 Å². The highest BCUT2D eigenvalue weighted by molar-refractivity contribution is 5.83. The van der Waals surface area contributed by atoms with Crippen LogP contribution in [0.4, 0.5) is 0 Å². The molecule has 116 valence electrons. The van der Waals surface area contributed by atoms with E-state index in [0.717, 1.165) is 0 Å². The highest BCUT2D eigenvalue weighted by Gasteiger charge is 2.71. The maximum Gasteiger partial charge on any atom is 0.346 e. The van der Waals surface area contributed by atoms with Gasteiger partial charge in [-0.3, -0.25) is 15.8 Å². The van der Waals surface area contributed by atoms with Gasteiger partial charge >= 0.3 is 11.9 Å². The molecule has 1 saturated heterocycles. The van der Waals surface area contributed by atoms with Crippen molar-refractivity contribution in [3.63, 3.8) is 0 Å². The first-order valence-corrected chi connectivity index (χ1v) is 6.64. The Morgan fingerprint density at radius 2 is 2.29 bits per heavy atom. The number of hydrogen-bond donors (Lipinski definition) is 6. The Morgan fingerprint density at radius 1 is 1.57 bits per heavy atom. The van der Waals surface area contributed by atoms with Gasteiger partial charge in [0, 0.05) is 13.3 Å². The molecule has 1 spiro atoms. The summed E-state index contributed by atoms with van der Waals surface area (Å²) in [6.45, 7) is 1.61. The van der Waals surface area contributed by atoms with Crippen LogP contribution < -0.4 is 22.1 Å². The van der Waals surface area contributed by atoms with Gasteiger partial charge < -0.3 is 26.0 Å². The quantitative estimate of drug-likeness (QED) is 0.171. The van der Waals surface area contributed by atoms with E-state index in [1.54, 1.807) is 4.58 Å². The SMILES string of the molecule is CC(=O)OC[C@@H]1NC(N)=[N+]2CCC(O)(O)C23NC(N)=NC13. The second-order valence-electron chi connectivity index (χ2n) is 5.51. The number of aliphatic imine (C=N–C) groups is 1. The standard InChI is InChI=1S/C11H18N6O4/c1-5(18)21-4-6-7-11(16-8(12)15-7)10(19,20)2-3-17(11)9(13)14-6/h6-7,19-20H,2-4H2,1H3,(H5,12,13,14,15,16)/p+1/t6-,7?,11?/m0/s1. The summed E-state index contributed by atoms with van der Waals surface area (Å²) in [4.78, 5) is 15.2. The van der Waals surface area contributed by atoms with Gasteiger partial charge in [0.15, 0.2) is 12.0 Å². The van der Waals surface area contributed by atoms with Gasteiger partial charge in [-0.15, -0.1) is 0 Å². The second-order valence-corrected chi connectivity index (χ2v) is 5.51. The number of nitrogens with one attached hydrogen (secondary N) is 2. The minimum absolute atomic E-state index is 0.00910. The third-order valence-electron chi connectivity index (χ3n) is 4.22. The van der Waals surface area contributed by atoms with E-state index >= 15 is 0 Å². The average Bonchev–Trinajstić information content (AvgIpc) is 2.85. The second kappa shape index (κ2) is 4.21.